The van der Waals surface area contributed by atoms with Gasteiger partial charge in [0.25, 0.3) is 0 Å². The number of carbonyl (C=O) groups is 3. The van der Waals surface area contributed by atoms with E-state index in [1.807, 2.05) is 0 Å². The fraction of sp³-hybridized carbons (Fsp3) is 0.842. The van der Waals surface area contributed by atoms with Crippen molar-refractivity contribution in [1.29, 1.82) is 0 Å². The smallest absolute Gasteiger partial charge is 0.408 e. The highest BCUT2D eigenvalue weighted by molar-refractivity contribution is 5.89. The summed E-state index contributed by atoms with van der Waals surface area (Å²) < 4.78 is 5.28. The summed E-state index contributed by atoms with van der Waals surface area (Å²) in [5.74, 6) is -1.58. The van der Waals surface area contributed by atoms with Crippen LogP contribution in [0, 0.1) is 11.3 Å². The number of hydrogen-bond donors (Lipinski definition) is 3. The molecule has 150 valence electrons. The highest BCUT2D eigenvalue weighted by Crippen LogP contribution is 2.28. The van der Waals surface area contributed by atoms with Gasteiger partial charge in [0.05, 0.1) is 0 Å². The van der Waals surface area contributed by atoms with Crippen LogP contribution in [-0.4, -0.2) is 40.8 Å². The van der Waals surface area contributed by atoms with Gasteiger partial charge in [0.1, 0.15) is 17.7 Å². The molecule has 1 fully saturated rings. The third-order valence-corrected chi connectivity index (χ3v) is 4.48. The van der Waals surface area contributed by atoms with Gasteiger partial charge in [0.2, 0.25) is 5.91 Å². The van der Waals surface area contributed by atoms with Gasteiger partial charge in [-0.25, -0.2) is 9.59 Å². The molecule has 3 N–H and O–H groups in total. The number of carbonyl (C=O) groups excluding carboxylic acids is 2. The van der Waals surface area contributed by atoms with Crippen molar-refractivity contribution in [1.82, 2.24) is 10.6 Å². The molecular formula is C19H34N2O5. The summed E-state index contributed by atoms with van der Waals surface area (Å²) in [6, 6.07) is -1.84. The maximum atomic E-state index is 12.9. The average molecular weight is 370 g/mol. The van der Waals surface area contributed by atoms with Crippen molar-refractivity contribution >= 4 is 18.0 Å². The molecule has 0 saturated heterocycles. The summed E-state index contributed by atoms with van der Waals surface area (Å²) >= 11 is 0. The van der Waals surface area contributed by atoms with E-state index in [0.717, 1.165) is 32.1 Å². The first-order valence-electron chi connectivity index (χ1n) is 9.34. The Hall–Kier alpha value is -1.79. The van der Waals surface area contributed by atoms with Crippen LogP contribution >= 0.6 is 0 Å². The Morgan fingerprint density at radius 1 is 0.962 bits per heavy atom. The van der Waals surface area contributed by atoms with E-state index in [-0.39, 0.29) is 5.92 Å². The van der Waals surface area contributed by atoms with E-state index in [9.17, 15) is 19.5 Å². The Kier molecular flexibility index (Phi) is 7.47. The molecule has 0 aromatic rings. The first-order chi connectivity index (χ1) is 11.8. The van der Waals surface area contributed by atoms with Gasteiger partial charge in [-0.15, -0.1) is 0 Å². The second-order valence-corrected chi connectivity index (χ2v) is 9.17. The van der Waals surface area contributed by atoms with E-state index < -0.39 is 41.1 Å². The van der Waals surface area contributed by atoms with Crippen LogP contribution in [0.5, 0.6) is 0 Å². The van der Waals surface area contributed by atoms with Gasteiger partial charge in [-0.2, -0.15) is 0 Å². The van der Waals surface area contributed by atoms with E-state index in [1.165, 1.54) is 0 Å². The minimum atomic E-state index is -1.09. The van der Waals surface area contributed by atoms with Crippen molar-refractivity contribution in [3.05, 3.63) is 0 Å². The van der Waals surface area contributed by atoms with Crippen molar-refractivity contribution in [3.63, 3.8) is 0 Å². The van der Waals surface area contributed by atoms with Crippen molar-refractivity contribution in [3.8, 4) is 0 Å². The molecule has 1 aliphatic carbocycles. The molecule has 1 aliphatic rings. The van der Waals surface area contributed by atoms with Crippen LogP contribution in [0.15, 0.2) is 0 Å². The van der Waals surface area contributed by atoms with E-state index in [2.05, 4.69) is 10.6 Å². The summed E-state index contributed by atoms with van der Waals surface area (Å²) in [5, 5.41) is 14.7. The molecule has 2 unspecified atom stereocenters. The van der Waals surface area contributed by atoms with Gasteiger partial charge >= 0.3 is 12.1 Å². The Bertz CT molecular complexity index is 513. The zero-order valence-corrected chi connectivity index (χ0v) is 16.8. The lowest BCUT2D eigenvalue weighted by Crippen LogP contribution is -2.58. The van der Waals surface area contributed by atoms with Crippen LogP contribution in [0.1, 0.15) is 73.6 Å². The number of amides is 2. The lowest BCUT2D eigenvalue weighted by molar-refractivity contribution is -0.145. The molecule has 7 nitrogen and oxygen atoms in total. The lowest BCUT2D eigenvalue weighted by Gasteiger charge is -2.34. The van der Waals surface area contributed by atoms with Gasteiger partial charge < -0.3 is 20.5 Å². The number of ether oxygens (including phenoxy) is 1. The van der Waals surface area contributed by atoms with Gasteiger partial charge in [-0.3, -0.25) is 4.79 Å². The summed E-state index contributed by atoms with van der Waals surface area (Å²) in [7, 11) is 0. The monoisotopic (exact) mass is 370 g/mol. The fourth-order valence-corrected chi connectivity index (χ4v) is 3.18. The molecule has 0 aromatic carbocycles. The molecule has 0 aromatic heterocycles. The van der Waals surface area contributed by atoms with Crippen molar-refractivity contribution < 1.29 is 24.2 Å². The molecule has 26 heavy (non-hydrogen) atoms. The highest BCUT2D eigenvalue weighted by atomic mass is 16.6. The topological polar surface area (TPSA) is 105 Å². The number of alkyl carbamates (subject to hydrolysis) is 1. The van der Waals surface area contributed by atoms with Crippen molar-refractivity contribution in [2.24, 2.45) is 11.3 Å². The molecular weight excluding hydrogens is 336 g/mol. The van der Waals surface area contributed by atoms with Crippen LogP contribution in [0.25, 0.3) is 0 Å². The molecule has 0 radical (unpaired) electrons. The van der Waals surface area contributed by atoms with E-state index in [4.69, 9.17) is 4.74 Å². The maximum absolute atomic E-state index is 12.9. The van der Waals surface area contributed by atoms with Gasteiger partial charge in [-0.05, 0) is 44.9 Å². The largest absolute Gasteiger partial charge is 0.480 e. The van der Waals surface area contributed by atoms with E-state index in [1.54, 1.807) is 41.5 Å². The Morgan fingerprint density at radius 2 is 1.50 bits per heavy atom. The van der Waals surface area contributed by atoms with Crippen molar-refractivity contribution in [2.75, 3.05) is 0 Å². The second kappa shape index (κ2) is 8.73. The van der Waals surface area contributed by atoms with Crippen LogP contribution in [-0.2, 0) is 14.3 Å². The fourth-order valence-electron chi connectivity index (χ4n) is 3.18. The van der Waals surface area contributed by atoms with Crippen LogP contribution in [0.3, 0.4) is 0 Å². The Morgan fingerprint density at radius 3 is 1.92 bits per heavy atom. The van der Waals surface area contributed by atoms with Gasteiger partial charge in [0.15, 0.2) is 0 Å². The standard InChI is InChI=1S/C19H34N2O5/c1-18(2,3)14(16(23)24)21-15(22)13(12-10-8-7-9-11-12)20-17(25)26-19(4,5)6/h12-14H,7-11H2,1-6H3,(H,20,25)(H,21,22)(H,23,24). The number of hydrogen-bond acceptors (Lipinski definition) is 4. The van der Waals surface area contributed by atoms with Crippen LogP contribution < -0.4 is 10.6 Å². The predicted octanol–water partition coefficient (Wildman–Crippen LogP) is 3.08. The molecule has 0 bridgehead atoms. The molecule has 7 heteroatoms. The van der Waals surface area contributed by atoms with E-state index >= 15 is 0 Å². The summed E-state index contributed by atoms with van der Waals surface area (Å²) in [6.45, 7) is 10.5. The Balaban J connectivity index is 2.93. The summed E-state index contributed by atoms with van der Waals surface area (Å²) in [5.41, 5.74) is -1.32. The predicted molar refractivity (Wildman–Crippen MR) is 98.8 cm³/mol. The summed E-state index contributed by atoms with van der Waals surface area (Å²) in [4.78, 5) is 36.6. The molecule has 0 spiro atoms. The average Bonchev–Trinajstić information content (AvgIpc) is 2.47. The first kappa shape index (κ1) is 22.3. The molecule has 0 heterocycles. The van der Waals surface area contributed by atoms with Gasteiger partial charge in [0, 0.05) is 0 Å². The zero-order valence-electron chi connectivity index (χ0n) is 16.8. The van der Waals surface area contributed by atoms with E-state index in [0.29, 0.717) is 0 Å². The molecule has 1 rings (SSSR count). The number of carboxylic acid groups (broad SMARTS) is 1. The van der Waals surface area contributed by atoms with Crippen LogP contribution in [0.2, 0.25) is 0 Å². The minimum Gasteiger partial charge on any atom is -0.480 e. The first-order valence-corrected chi connectivity index (χ1v) is 9.34. The second-order valence-electron chi connectivity index (χ2n) is 9.17. The van der Waals surface area contributed by atoms with Gasteiger partial charge in [-0.1, -0.05) is 40.0 Å². The number of nitrogens with one attached hydrogen (secondary N) is 2. The molecule has 1 saturated carbocycles. The molecule has 0 aliphatic heterocycles. The SMILES string of the molecule is CC(C)(C)OC(=O)NC(C(=O)NC(C(=O)O)C(C)(C)C)C1CCCCC1. The number of aliphatic carboxylic acids is 1. The summed E-state index contributed by atoms with van der Waals surface area (Å²) in [6.07, 6.45) is 4.07. The third-order valence-electron chi connectivity index (χ3n) is 4.48. The van der Waals surface area contributed by atoms with Crippen LogP contribution in [0.4, 0.5) is 4.79 Å². The van der Waals surface area contributed by atoms with Crippen molar-refractivity contribution in [2.45, 2.75) is 91.3 Å². The quantitative estimate of drug-likeness (QED) is 0.690. The minimum absolute atomic E-state index is 0.0225. The molecule has 2 atom stereocenters. The zero-order chi connectivity index (χ0) is 20.1. The third kappa shape index (κ3) is 7.22. The normalized spacial score (nSPS) is 18.5. The highest BCUT2D eigenvalue weighted by Gasteiger charge is 2.38. The lowest BCUT2D eigenvalue weighted by atomic mass is 9.82. The Labute approximate surface area is 156 Å². The number of carboxylic acids is 1. The maximum Gasteiger partial charge on any atom is 0.408 e. The molecule has 2 amide bonds. The number of rotatable bonds is 5.